The first-order valence-electron chi connectivity index (χ1n) is 0.597. The van der Waals surface area contributed by atoms with E-state index in [1.54, 1.807) is 0 Å². The Morgan fingerprint density at radius 1 is 1.67 bits per heavy atom. The summed E-state index contributed by atoms with van der Waals surface area (Å²) in [5, 5.41) is 0. The van der Waals surface area contributed by atoms with E-state index in [2.05, 4.69) is 0 Å². The van der Waals surface area contributed by atoms with Gasteiger partial charge >= 0.3 is 64.4 Å². The Morgan fingerprint density at radius 3 is 1.67 bits per heavy atom. The first-order chi connectivity index (χ1) is 1.73. The van der Waals surface area contributed by atoms with E-state index in [1.807, 2.05) is 0 Å². The summed E-state index contributed by atoms with van der Waals surface area (Å²) in [6, 6.07) is 0. The molecule has 0 amide bonds. The molecule has 0 aliphatic heterocycles. The van der Waals surface area contributed by atoms with Crippen LogP contribution in [-0.2, 0) is 4.46 Å². The molecule has 0 bridgehead atoms. The molecule has 0 N–H and O–H groups in total. The summed E-state index contributed by atoms with van der Waals surface area (Å²) in [5.41, 5.74) is 0. The van der Waals surface area contributed by atoms with E-state index in [1.165, 1.54) is 0 Å². The van der Waals surface area contributed by atoms with Crippen LogP contribution in [0.15, 0.2) is 0 Å². The van der Waals surface area contributed by atoms with E-state index in [0.717, 1.165) is 0 Å². The van der Waals surface area contributed by atoms with Gasteiger partial charge in [-0.3, -0.25) is 4.11 Å². The Labute approximate surface area is 76.8 Å². The molecule has 0 saturated carbocycles. The van der Waals surface area contributed by atoms with Gasteiger partial charge in [-0.25, -0.2) is 0 Å². The first-order valence-corrected chi connectivity index (χ1v) is 1.79. The summed E-state index contributed by atoms with van der Waals surface area (Å²) in [6.45, 7) is 0. The van der Waals surface area contributed by atoms with Crippen LogP contribution in [0.5, 0.6) is 0 Å². The van der Waals surface area contributed by atoms with E-state index in [4.69, 9.17) is 9.26 Å². The van der Waals surface area contributed by atoms with Gasteiger partial charge in [-0.15, -0.1) is 0 Å². The van der Waals surface area contributed by atoms with Crippen LogP contribution in [0.1, 0.15) is 0 Å². The molecule has 0 atom stereocenters. The number of rotatable bonds is 0. The van der Waals surface area contributed by atoms with E-state index in [9.17, 15) is 4.11 Å². The van der Waals surface area contributed by atoms with Crippen molar-refractivity contribution >= 4 is 64.4 Å². The maximum Gasteiger partial charge on any atom is 3.00 e. The van der Waals surface area contributed by atoms with Crippen molar-refractivity contribution < 1.29 is 13.4 Å². The molecule has 0 heterocycles. The Kier molecular flexibility index (Phi) is 25.4. The molecule has 0 unspecified atom stereocenters. The summed E-state index contributed by atoms with van der Waals surface area (Å²) in [4.78, 5) is 8.41. The SMILES string of the molecule is O=[Si]([O-])F.[Al+3].[Ca+2]. The van der Waals surface area contributed by atoms with Gasteiger partial charge in [0, 0.05) is 0 Å². The molecule has 0 aliphatic rings. The fraction of sp³-hybridized carbons (Fsp3) is 0. The van der Waals surface area contributed by atoms with Gasteiger partial charge in [0.15, 0.2) is 0 Å². The molecule has 0 rings (SSSR count). The minimum Gasteiger partial charge on any atom is -0.560 e. The van der Waals surface area contributed by atoms with Gasteiger partial charge in [-0.2, -0.15) is 0 Å². The summed E-state index contributed by atoms with van der Waals surface area (Å²) in [6.07, 6.45) is 0. The number of hydrogen-bond acceptors (Lipinski definition) is 2. The van der Waals surface area contributed by atoms with Crippen molar-refractivity contribution in [3.8, 4) is 0 Å². The van der Waals surface area contributed by atoms with Crippen LogP contribution >= 0.6 is 0 Å². The number of halogens is 1. The van der Waals surface area contributed by atoms with Crippen LogP contribution in [-0.4, -0.2) is 64.4 Å². The smallest absolute Gasteiger partial charge is 0.560 e. The van der Waals surface area contributed by atoms with Crippen molar-refractivity contribution in [2.24, 2.45) is 0 Å². The van der Waals surface area contributed by atoms with Gasteiger partial charge in [0.25, 0.3) is 0 Å². The predicted molar refractivity (Wildman–Crippen MR) is 19.1 cm³/mol. The Balaban J connectivity index is -0.0000000450. The second-order valence-electron chi connectivity index (χ2n) is 0.238. The molecule has 2 nitrogen and oxygen atoms in total. The second-order valence-corrected chi connectivity index (χ2v) is 0.713. The third kappa shape index (κ3) is 48.2. The van der Waals surface area contributed by atoms with Crippen LogP contribution in [0.2, 0.25) is 0 Å². The molecule has 0 spiro atoms. The van der Waals surface area contributed by atoms with Crippen molar-refractivity contribution in [1.29, 1.82) is 0 Å². The summed E-state index contributed by atoms with van der Waals surface area (Å²) in [5.74, 6) is 0. The summed E-state index contributed by atoms with van der Waals surface area (Å²) in [7, 11) is -3.88. The van der Waals surface area contributed by atoms with Gasteiger partial charge in [0.05, 0.1) is 0 Å². The van der Waals surface area contributed by atoms with Gasteiger partial charge < -0.3 is 9.26 Å². The van der Waals surface area contributed by atoms with E-state index in [-0.39, 0.29) is 55.1 Å². The van der Waals surface area contributed by atoms with Crippen molar-refractivity contribution in [2.45, 2.75) is 0 Å². The Morgan fingerprint density at radius 2 is 1.67 bits per heavy atom. The molecule has 0 aromatic rings. The largest absolute Gasteiger partial charge is 3.00 e. The molecular formula is AlCaFO2Si+4. The maximum atomic E-state index is 9.99. The van der Waals surface area contributed by atoms with Gasteiger partial charge in [-0.1, -0.05) is 0 Å². The van der Waals surface area contributed by atoms with Crippen LogP contribution in [0, 0.1) is 0 Å². The zero-order valence-corrected chi connectivity index (χ0v) is 7.34. The zero-order valence-electron chi connectivity index (χ0n) is 2.98. The standard InChI is InChI=1S/Al.Ca.FO2Si/c;;1-4(2)3/q+3;+2;-1. The van der Waals surface area contributed by atoms with E-state index >= 15 is 0 Å². The van der Waals surface area contributed by atoms with Crippen molar-refractivity contribution in [3.05, 3.63) is 0 Å². The normalized spacial score (nSPS) is 4.17. The molecule has 0 radical (unpaired) electrons. The monoisotopic (exact) mass is 146 g/mol. The molecule has 0 aromatic carbocycles. The van der Waals surface area contributed by atoms with Crippen molar-refractivity contribution in [1.82, 2.24) is 0 Å². The number of hydrogen-bond donors (Lipinski definition) is 0. The van der Waals surface area contributed by atoms with E-state index < -0.39 is 9.26 Å². The molecule has 0 aromatic heterocycles. The van der Waals surface area contributed by atoms with Crippen LogP contribution in [0.3, 0.4) is 0 Å². The Hall–Kier alpha value is 1.54. The molecule has 6 heavy (non-hydrogen) atoms. The van der Waals surface area contributed by atoms with Gasteiger partial charge in [-0.05, 0) is 0 Å². The molecule has 24 valence electrons. The van der Waals surface area contributed by atoms with Crippen molar-refractivity contribution in [3.63, 3.8) is 0 Å². The Bertz CT molecular complexity index is 36.5. The molecule has 6 heteroatoms. The first kappa shape index (κ1) is 15.6. The third-order valence-electron chi connectivity index (χ3n) is 0. The average Bonchev–Trinajstić information content (AvgIpc) is 0.811. The molecular weight excluding hydrogens is 146 g/mol. The van der Waals surface area contributed by atoms with Crippen LogP contribution in [0.25, 0.3) is 0 Å². The average molecular weight is 146 g/mol. The maximum absolute atomic E-state index is 9.99. The molecule has 0 saturated heterocycles. The minimum absolute atomic E-state index is 0. The third-order valence-corrected chi connectivity index (χ3v) is 0. The topological polar surface area (TPSA) is 40.1 Å². The van der Waals surface area contributed by atoms with Crippen LogP contribution < -0.4 is 4.80 Å². The van der Waals surface area contributed by atoms with Crippen molar-refractivity contribution in [2.75, 3.05) is 0 Å². The predicted octanol–water partition coefficient (Wildman–Crippen LogP) is -2.03. The minimum atomic E-state index is -3.88. The van der Waals surface area contributed by atoms with Gasteiger partial charge in [0.2, 0.25) is 0 Å². The van der Waals surface area contributed by atoms with Gasteiger partial charge in [0.1, 0.15) is 0 Å². The fourth-order valence-corrected chi connectivity index (χ4v) is 0. The molecule has 0 aliphatic carbocycles. The van der Waals surface area contributed by atoms with Crippen LogP contribution in [0.4, 0.5) is 4.11 Å². The molecule has 0 fully saturated rings. The zero-order chi connectivity index (χ0) is 3.58. The quantitative estimate of drug-likeness (QED) is 0.292. The second kappa shape index (κ2) is 9.74. The van der Waals surface area contributed by atoms with E-state index in [0.29, 0.717) is 0 Å². The fourth-order valence-electron chi connectivity index (χ4n) is 0. The summed E-state index contributed by atoms with van der Waals surface area (Å²) >= 11 is 0. The summed E-state index contributed by atoms with van der Waals surface area (Å²) < 4.78 is 18.4.